The number of β-amino-alcohol motifs (C(OH)–C–C–N with tert-alkyl or cyclic N) is 1. The Morgan fingerprint density at radius 3 is 2.80 bits per heavy atom. The first kappa shape index (κ1) is 8.37. The summed E-state index contributed by atoms with van der Waals surface area (Å²) in [7, 11) is 0. The van der Waals surface area contributed by atoms with Crippen molar-refractivity contribution in [2.45, 2.75) is 0 Å². The van der Waals surface area contributed by atoms with Gasteiger partial charge in [-0.3, -0.25) is 0 Å². The number of aliphatic hydroxyl groups excluding tert-OH is 1. The lowest BCUT2D eigenvalue weighted by molar-refractivity contribution is 0.0906. The third-order valence-corrected chi connectivity index (χ3v) is 2.66. The maximum absolute atomic E-state index is 8.57. The van der Waals surface area contributed by atoms with Crippen molar-refractivity contribution >= 4 is 11.8 Å². The predicted molar refractivity (Wildman–Crippen MR) is 45.4 cm³/mol. The van der Waals surface area contributed by atoms with Crippen LogP contribution in [0.2, 0.25) is 0 Å². The maximum atomic E-state index is 8.57. The zero-order valence-electron chi connectivity index (χ0n) is 6.42. The first-order valence-corrected chi connectivity index (χ1v) is 5.08. The smallest absolute Gasteiger partial charge is 0.0558 e. The molecule has 1 aliphatic heterocycles. The van der Waals surface area contributed by atoms with Crippen LogP contribution in [0.5, 0.6) is 0 Å². The fourth-order valence-corrected chi connectivity index (χ4v) is 2.02. The van der Waals surface area contributed by atoms with Gasteiger partial charge in [0.15, 0.2) is 0 Å². The van der Waals surface area contributed by atoms with Gasteiger partial charge in [-0.2, -0.15) is 11.8 Å². The van der Waals surface area contributed by atoms with Crippen LogP contribution in [0.4, 0.5) is 0 Å². The van der Waals surface area contributed by atoms with Crippen molar-refractivity contribution in [2.75, 3.05) is 38.2 Å². The molecule has 0 bridgehead atoms. The Hall–Kier alpha value is 0.270. The third-order valence-electron chi connectivity index (χ3n) is 1.85. The number of hydrogen-bond acceptors (Lipinski definition) is 3. The molecule has 10 heavy (non-hydrogen) atoms. The van der Waals surface area contributed by atoms with Crippen LogP contribution >= 0.6 is 11.8 Å². The highest BCUT2D eigenvalue weighted by molar-refractivity contribution is 7.98. The van der Waals surface area contributed by atoms with E-state index in [0.29, 0.717) is 6.61 Å². The quantitative estimate of drug-likeness (QED) is 0.640. The van der Waals surface area contributed by atoms with Crippen molar-refractivity contribution in [3.63, 3.8) is 0 Å². The molecule has 0 unspecified atom stereocenters. The van der Waals surface area contributed by atoms with Crippen molar-refractivity contribution in [1.29, 1.82) is 0 Å². The van der Waals surface area contributed by atoms with E-state index in [2.05, 4.69) is 11.2 Å². The number of hydrogen-bond donors (Lipinski definition) is 1. The van der Waals surface area contributed by atoms with Gasteiger partial charge in [-0.25, -0.2) is 0 Å². The third kappa shape index (κ3) is 2.15. The monoisotopic (exact) mass is 161 g/mol. The summed E-state index contributed by atoms with van der Waals surface area (Å²) >= 11 is 1.92. The molecule has 1 heterocycles. The SMILES string of the molecule is CSCC1CN(CCO)C1. The zero-order chi connectivity index (χ0) is 7.40. The lowest BCUT2D eigenvalue weighted by Gasteiger charge is -2.38. The van der Waals surface area contributed by atoms with Crippen molar-refractivity contribution in [1.82, 2.24) is 4.90 Å². The fraction of sp³-hybridized carbons (Fsp3) is 1.00. The molecule has 0 aromatic rings. The highest BCUT2D eigenvalue weighted by Crippen LogP contribution is 2.17. The Morgan fingerprint density at radius 1 is 1.60 bits per heavy atom. The Bertz CT molecular complexity index is 83.6. The molecule has 0 saturated carbocycles. The Balaban J connectivity index is 1.95. The largest absolute Gasteiger partial charge is 0.395 e. The summed E-state index contributed by atoms with van der Waals surface area (Å²) < 4.78 is 0. The summed E-state index contributed by atoms with van der Waals surface area (Å²) in [5.41, 5.74) is 0. The summed E-state index contributed by atoms with van der Waals surface area (Å²) in [4.78, 5) is 2.29. The Morgan fingerprint density at radius 2 is 2.30 bits per heavy atom. The van der Waals surface area contributed by atoms with Crippen LogP contribution in [0.25, 0.3) is 0 Å². The molecule has 0 atom stereocenters. The van der Waals surface area contributed by atoms with Gasteiger partial charge < -0.3 is 10.0 Å². The van der Waals surface area contributed by atoms with E-state index in [1.54, 1.807) is 0 Å². The second-order valence-corrected chi connectivity index (χ2v) is 3.72. The van der Waals surface area contributed by atoms with Crippen LogP contribution in [0, 0.1) is 5.92 Å². The van der Waals surface area contributed by atoms with Crippen molar-refractivity contribution in [2.24, 2.45) is 5.92 Å². The van der Waals surface area contributed by atoms with Crippen molar-refractivity contribution in [3.05, 3.63) is 0 Å². The molecule has 1 N–H and O–H groups in total. The van der Waals surface area contributed by atoms with Gasteiger partial charge in [0.2, 0.25) is 0 Å². The lowest BCUT2D eigenvalue weighted by Crippen LogP contribution is -2.48. The Labute approximate surface area is 66.6 Å². The van der Waals surface area contributed by atoms with E-state index in [0.717, 1.165) is 12.5 Å². The average molecular weight is 161 g/mol. The molecule has 0 spiro atoms. The van der Waals surface area contributed by atoms with E-state index in [4.69, 9.17) is 5.11 Å². The fourth-order valence-electron chi connectivity index (χ4n) is 1.34. The summed E-state index contributed by atoms with van der Waals surface area (Å²) in [6, 6.07) is 0. The van der Waals surface area contributed by atoms with Crippen molar-refractivity contribution in [3.8, 4) is 0 Å². The molecular formula is C7H15NOS. The Kier molecular flexibility index (Phi) is 3.52. The summed E-state index contributed by atoms with van der Waals surface area (Å²) in [5, 5.41) is 8.57. The number of thioether (sulfide) groups is 1. The van der Waals surface area contributed by atoms with Crippen molar-refractivity contribution < 1.29 is 5.11 Å². The van der Waals surface area contributed by atoms with Crippen LogP contribution in [-0.4, -0.2) is 48.3 Å². The van der Waals surface area contributed by atoms with Crippen LogP contribution < -0.4 is 0 Å². The van der Waals surface area contributed by atoms with Gasteiger partial charge in [0.25, 0.3) is 0 Å². The van der Waals surface area contributed by atoms with E-state index in [9.17, 15) is 0 Å². The van der Waals surface area contributed by atoms with E-state index >= 15 is 0 Å². The molecule has 3 heteroatoms. The minimum Gasteiger partial charge on any atom is -0.395 e. The average Bonchev–Trinajstić information content (AvgIpc) is 1.84. The number of rotatable bonds is 4. The molecule has 0 amide bonds. The maximum Gasteiger partial charge on any atom is 0.0558 e. The normalized spacial score (nSPS) is 21.0. The van der Waals surface area contributed by atoms with Gasteiger partial charge in [0.05, 0.1) is 6.61 Å². The zero-order valence-corrected chi connectivity index (χ0v) is 7.23. The molecule has 60 valence electrons. The van der Waals surface area contributed by atoms with Gasteiger partial charge in [-0.1, -0.05) is 0 Å². The van der Waals surface area contributed by atoms with Gasteiger partial charge in [-0.15, -0.1) is 0 Å². The predicted octanol–water partition coefficient (Wildman–Crippen LogP) is 0.274. The molecule has 1 saturated heterocycles. The van der Waals surface area contributed by atoms with Gasteiger partial charge >= 0.3 is 0 Å². The molecule has 2 nitrogen and oxygen atoms in total. The van der Waals surface area contributed by atoms with Gasteiger partial charge in [0.1, 0.15) is 0 Å². The second kappa shape index (κ2) is 4.21. The van der Waals surface area contributed by atoms with E-state index < -0.39 is 0 Å². The highest BCUT2D eigenvalue weighted by Gasteiger charge is 2.24. The van der Waals surface area contributed by atoms with Crippen LogP contribution in [0.15, 0.2) is 0 Å². The molecule has 1 rings (SSSR count). The summed E-state index contributed by atoms with van der Waals surface area (Å²) in [6.07, 6.45) is 2.15. The lowest BCUT2D eigenvalue weighted by atomic mass is 10.0. The summed E-state index contributed by atoms with van der Waals surface area (Å²) in [5.74, 6) is 2.17. The second-order valence-electron chi connectivity index (χ2n) is 2.80. The van der Waals surface area contributed by atoms with Gasteiger partial charge in [0, 0.05) is 19.6 Å². The first-order chi connectivity index (χ1) is 4.86. The summed E-state index contributed by atoms with van der Waals surface area (Å²) in [6.45, 7) is 3.57. The number of nitrogens with zero attached hydrogens (tertiary/aromatic N) is 1. The molecule has 1 aliphatic rings. The molecule has 0 aromatic carbocycles. The molecule has 0 radical (unpaired) electrons. The van der Waals surface area contributed by atoms with Crippen LogP contribution in [-0.2, 0) is 0 Å². The highest BCUT2D eigenvalue weighted by atomic mass is 32.2. The standard InChI is InChI=1S/C7H15NOS/c1-10-6-7-4-8(5-7)2-3-9/h7,9H,2-6H2,1H3. The number of likely N-dealkylation sites (tertiary alicyclic amines) is 1. The minimum atomic E-state index is 0.311. The van der Waals surface area contributed by atoms with E-state index in [-0.39, 0.29) is 0 Å². The molecule has 0 aromatic heterocycles. The topological polar surface area (TPSA) is 23.5 Å². The molecular weight excluding hydrogens is 146 g/mol. The van der Waals surface area contributed by atoms with Crippen LogP contribution in [0.1, 0.15) is 0 Å². The molecule has 1 fully saturated rings. The van der Waals surface area contributed by atoms with E-state index in [1.165, 1.54) is 18.8 Å². The first-order valence-electron chi connectivity index (χ1n) is 3.69. The molecule has 0 aliphatic carbocycles. The van der Waals surface area contributed by atoms with E-state index in [1.807, 2.05) is 11.8 Å². The number of aliphatic hydroxyl groups is 1. The van der Waals surface area contributed by atoms with Gasteiger partial charge in [-0.05, 0) is 17.9 Å². The minimum absolute atomic E-state index is 0.311. The van der Waals surface area contributed by atoms with Crippen LogP contribution in [0.3, 0.4) is 0 Å².